The summed E-state index contributed by atoms with van der Waals surface area (Å²) in [7, 11) is -3.06. The minimum Gasteiger partial charge on any atom is -0.381 e. The van der Waals surface area contributed by atoms with Gasteiger partial charge in [-0.15, -0.1) is 12.4 Å². The number of rotatable bonds is 2. The van der Waals surface area contributed by atoms with Crippen LogP contribution < -0.4 is 5.73 Å². The van der Waals surface area contributed by atoms with E-state index in [1.807, 2.05) is 4.90 Å². The van der Waals surface area contributed by atoms with Gasteiger partial charge in [-0.25, -0.2) is 8.42 Å². The van der Waals surface area contributed by atoms with E-state index in [0.29, 0.717) is 45.6 Å². The second-order valence-corrected chi connectivity index (χ2v) is 9.19. The van der Waals surface area contributed by atoms with Gasteiger partial charge in [0.2, 0.25) is 5.91 Å². The zero-order valence-corrected chi connectivity index (χ0v) is 15.0. The van der Waals surface area contributed by atoms with Crippen LogP contribution >= 0.6 is 12.4 Å². The van der Waals surface area contributed by atoms with Crippen molar-refractivity contribution in [2.75, 3.05) is 32.1 Å². The van der Waals surface area contributed by atoms with Crippen molar-refractivity contribution in [3.05, 3.63) is 0 Å². The highest BCUT2D eigenvalue weighted by atomic mass is 35.5. The second-order valence-electron chi connectivity index (χ2n) is 6.85. The van der Waals surface area contributed by atoms with Crippen molar-refractivity contribution in [3.63, 3.8) is 0 Å². The molecular weight excluding hydrogens is 340 g/mol. The number of hydrogen-bond acceptors (Lipinski definition) is 5. The van der Waals surface area contributed by atoms with E-state index in [0.717, 1.165) is 19.3 Å². The monoisotopic (exact) mass is 366 g/mol. The van der Waals surface area contributed by atoms with E-state index in [9.17, 15) is 13.2 Å². The summed E-state index contributed by atoms with van der Waals surface area (Å²) in [6, 6.07) is -0.147. The van der Waals surface area contributed by atoms with Gasteiger partial charge in [-0.2, -0.15) is 0 Å². The Morgan fingerprint density at radius 3 is 2.52 bits per heavy atom. The lowest BCUT2D eigenvalue weighted by atomic mass is 9.78. The Labute approximate surface area is 144 Å². The van der Waals surface area contributed by atoms with E-state index in [1.54, 1.807) is 0 Å². The lowest BCUT2D eigenvalue weighted by Gasteiger charge is -2.47. The molecule has 0 spiro atoms. The predicted molar refractivity (Wildman–Crippen MR) is 90.3 cm³/mol. The minimum absolute atomic E-state index is 0. The molecule has 0 aromatic rings. The average molecular weight is 367 g/mol. The Morgan fingerprint density at radius 2 is 1.87 bits per heavy atom. The highest BCUT2D eigenvalue weighted by Crippen LogP contribution is 2.37. The standard InChI is InChI=1S/C15H26N2O4S.ClH/c16-11-15(5-8-21-9-6-15)14(18)17-7-10-22(19,20)13-4-2-1-3-12(13)17;/h12-13H,1-11,16H2;1H. The van der Waals surface area contributed by atoms with Gasteiger partial charge in [-0.3, -0.25) is 4.79 Å². The summed E-state index contributed by atoms with van der Waals surface area (Å²) in [6.07, 6.45) is 4.71. The molecule has 3 rings (SSSR count). The van der Waals surface area contributed by atoms with Crippen LogP contribution in [-0.4, -0.2) is 62.6 Å². The topological polar surface area (TPSA) is 89.7 Å². The summed E-state index contributed by atoms with van der Waals surface area (Å²) in [5, 5.41) is -0.367. The van der Waals surface area contributed by atoms with Crippen molar-refractivity contribution < 1.29 is 17.9 Å². The largest absolute Gasteiger partial charge is 0.381 e. The summed E-state index contributed by atoms with van der Waals surface area (Å²) in [4.78, 5) is 15.0. The van der Waals surface area contributed by atoms with Crippen molar-refractivity contribution >= 4 is 28.2 Å². The molecule has 23 heavy (non-hydrogen) atoms. The Hall–Kier alpha value is -0.370. The normalized spacial score (nSPS) is 32.5. The number of fused-ring (bicyclic) bond motifs is 1. The van der Waals surface area contributed by atoms with Crippen molar-refractivity contribution in [1.82, 2.24) is 4.90 Å². The van der Waals surface area contributed by atoms with Crippen LogP contribution in [0.2, 0.25) is 0 Å². The first-order valence-corrected chi connectivity index (χ1v) is 10.0. The molecule has 1 saturated carbocycles. The number of sulfone groups is 1. The van der Waals surface area contributed by atoms with Crippen molar-refractivity contribution in [2.24, 2.45) is 11.1 Å². The maximum absolute atomic E-state index is 13.2. The summed E-state index contributed by atoms with van der Waals surface area (Å²) in [5.41, 5.74) is 5.39. The van der Waals surface area contributed by atoms with Crippen LogP contribution in [0.5, 0.6) is 0 Å². The highest BCUT2D eigenvalue weighted by Gasteiger charge is 2.49. The molecule has 3 fully saturated rings. The van der Waals surface area contributed by atoms with Crippen LogP contribution in [0.1, 0.15) is 38.5 Å². The SMILES string of the molecule is Cl.NCC1(C(=O)N2CCS(=O)(=O)C3CCCCC32)CCOCC1. The van der Waals surface area contributed by atoms with E-state index in [2.05, 4.69) is 0 Å². The number of nitrogens with zero attached hydrogens (tertiary/aromatic N) is 1. The molecule has 1 amide bonds. The van der Waals surface area contributed by atoms with E-state index in [4.69, 9.17) is 10.5 Å². The molecule has 2 N–H and O–H groups in total. The lowest BCUT2D eigenvalue weighted by Crippen LogP contribution is -2.62. The summed E-state index contributed by atoms with van der Waals surface area (Å²) in [5.74, 6) is 0.155. The summed E-state index contributed by atoms with van der Waals surface area (Å²) >= 11 is 0. The molecule has 2 atom stereocenters. The molecule has 0 radical (unpaired) electrons. The first-order valence-electron chi connectivity index (χ1n) is 8.31. The number of hydrogen-bond donors (Lipinski definition) is 1. The zero-order valence-electron chi connectivity index (χ0n) is 13.4. The van der Waals surface area contributed by atoms with Crippen molar-refractivity contribution in [1.29, 1.82) is 0 Å². The van der Waals surface area contributed by atoms with Crippen LogP contribution in [-0.2, 0) is 19.4 Å². The van der Waals surface area contributed by atoms with E-state index in [1.165, 1.54) is 0 Å². The smallest absolute Gasteiger partial charge is 0.230 e. The number of nitrogens with two attached hydrogens (primary N) is 1. The van der Waals surface area contributed by atoms with Crippen LogP contribution in [0.4, 0.5) is 0 Å². The van der Waals surface area contributed by atoms with Gasteiger partial charge in [-0.05, 0) is 25.7 Å². The maximum atomic E-state index is 13.2. The lowest BCUT2D eigenvalue weighted by molar-refractivity contribution is -0.150. The number of halogens is 1. The molecule has 2 saturated heterocycles. The molecule has 0 aromatic carbocycles. The number of carbonyl (C=O) groups excluding carboxylic acids is 1. The molecule has 3 aliphatic rings. The maximum Gasteiger partial charge on any atom is 0.230 e. The molecule has 2 heterocycles. The molecule has 6 nitrogen and oxygen atoms in total. The molecule has 0 aromatic heterocycles. The fraction of sp³-hybridized carbons (Fsp3) is 0.933. The van der Waals surface area contributed by atoms with Crippen LogP contribution in [0.25, 0.3) is 0 Å². The Morgan fingerprint density at radius 1 is 1.22 bits per heavy atom. The fourth-order valence-electron chi connectivity index (χ4n) is 4.22. The van der Waals surface area contributed by atoms with E-state index in [-0.39, 0.29) is 35.4 Å². The predicted octanol–water partition coefficient (Wildman–Crippen LogP) is 0.732. The van der Waals surface area contributed by atoms with E-state index >= 15 is 0 Å². The first kappa shape index (κ1) is 19.0. The third-order valence-corrected chi connectivity index (χ3v) is 7.93. The second kappa shape index (κ2) is 7.25. The number of carbonyl (C=O) groups is 1. The minimum atomic E-state index is -3.06. The summed E-state index contributed by atoms with van der Waals surface area (Å²) < 4.78 is 30.0. The van der Waals surface area contributed by atoms with Gasteiger partial charge in [0.05, 0.1) is 16.4 Å². The number of amides is 1. The molecule has 2 unspecified atom stereocenters. The Balaban J connectivity index is 0.00000192. The third-order valence-electron chi connectivity index (χ3n) is 5.70. The quantitative estimate of drug-likeness (QED) is 0.778. The van der Waals surface area contributed by atoms with Gasteiger partial charge in [0, 0.05) is 32.3 Å². The third kappa shape index (κ3) is 3.38. The van der Waals surface area contributed by atoms with Gasteiger partial charge >= 0.3 is 0 Å². The first-order chi connectivity index (χ1) is 10.5. The highest BCUT2D eigenvalue weighted by molar-refractivity contribution is 7.92. The van der Waals surface area contributed by atoms with Crippen molar-refractivity contribution in [3.8, 4) is 0 Å². The zero-order chi connectivity index (χ0) is 15.8. The Bertz CT molecular complexity index is 534. The van der Waals surface area contributed by atoms with Crippen LogP contribution in [0.3, 0.4) is 0 Å². The Kier molecular flexibility index (Phi) is 5.98. The molecular formula is C15H27ClN2O4S. The number of ether oxygens (including phenoxy) is 1. The van der Waals surface area contributed by atoms with Gasteiger partial charge in [0.25, 0.3) is 0 Å². The van der Waals surface area contributed by atoms with Gasteiger partial charge in [-0.1, -0.05) is 12.8 Å². The average Bonchev–Trinajstić information content (AvgIpc) is 2.55. The molecule has 8 heteroatoms. The summed E-state index contributed by atoms with van der Waals surface area (Å²) in [6.45, 7) is 1.76. The van der Waals surface area contributed by atoms with Gasteiger partial charge in [0.15, 0.2) is 9.84 Å². The molecule has 2 aliphatic heterocycles. The van der Waals surface area contributed by atoms with Crippen molar-refractivity contribution in [2.45, 2.75) is 49.8 Å². The van der Waals surface area contributed by atoms with Gasteiger partial charge in [0.1, 0.15) is 0 Å². The van der Waals surface area contributed by atoms with Crippen LogP contribution in [0, 0.1) is 5.41 Å². The molecule has 134 valence electrons. The van der Waals surface area contributed by atoms with E-state index < -0.39 is 15.3 Å². The molecule has 0 bridgehead atoms. The molecule has 1 aliphatic carbocycles. The van der Waals surface area contributed by atoms with Crippen LogP contribution in [0.15, 0.2) is 0 Å². The van der Waals surface area contributed by atoms with Gasteiger partial charge < -0.3 is 15.4 Å². The fourth-order valence-corrected chi connectivity index (χ4v) is 6.26.